The first-order valence-corrected chi connectivity index (χ1v) is 9.05. The second-order valence-corrected chi connectivity index (χ2v) is 6.69. The fraction of sp³-hybridized carbons (Fsp3) is 0.190. The molecule has 0 fully saturated rings. The zero-order valence-corrected chi connectivity index (χ0v) is 15.8. The SMILES string of the molecule is CC(C)NC(=O)Nc1cccc(C(=O)Nc2cccc(Cn3cccn3)c2)c1. The average Bonchev–Trinajstić information content (AvgIpc) is 3.14. The van der Waals surface area contributed by atoms with Crippen molar-refractivity contribution in [1.82, 2.24) is 15.1 Å². The van der Waals surface area contributed by atoms with Crippen LogP contribution in [-0.4, -0.2) is 27.8 Å². The predicted molar refractivity (Wildman–Crippen MR) is 109 cm³/mol. The Labute approximate surface area is 163 Å². The van der Waals surface area contributed by atoms with Gasteiger partial charge in [0.05, 0.1) is 6.54 Å². The summed E-state index contributed by atoms with van der Waals surface area (Å²) in [5, 5.41) is 12.6. The van der Waals surface area contributed by atoms with E-state index < -0.39 is 0 Å². The summed E-state index contributed by atoms with van der Waals surface area (Å²) in [5.74, 6) is -0.246. The molecule has 0 spiro atoms. The summed E-state index contributed by atoms with van der Waals surface area (Å²) in [6.45, 7) is 4.38. The topological polar surface area (TPSA) is 88.0 Å². The van der Waals surface area contributed by atoms with Crippen molar-refractivity contribution in [1.29, 1.82) is 0 Å². The van der Waals surface area contributed by atoms with Gasteiger partial charge in [-0.3, -0.25) is 9.48 Å². The lowest BCUT2D eigenvalue weighted by molar-refractivity contribution is 0.102. The van der Waals surface area contributed by atoms with Crippen molar-refractivity contribution in [3.05, 3.63) is 78.1 Å². The van der Waals surface area contributed by atoms with Gasteiger partial charge in [0.15, 0.2) is 0 Å². The van der Waals surface area contributed by atoms with E-state index >= 15 is 0 Å². The van der Waals surface area contributed by atoms with Crippen LogP contribution in [0.15, 0.2) is 67.0 Å². The number of urea groups is 1. The second kappa shape index (κ2) is 8.85. The minimum Gasteiger partial charge on any atom is -0.336 e. The van der Waals surface area contributed by atoms with Crippen LogP contribution in [0.1, 0.15) is 29.8 Å². The number of hydrogen-bond acceptors (Lipinski definition) is 3. The van der Waals surface area contributed by atoms with Crippen LogP contribution in [-0.2, 0) is 6.54 Å². The molecule has 28 heavy (non-hydrogen) atoms. The minimum absolute atomic E-state index is 0.0282. The molecule has 0 aliphatic heterocycles. The Morgan fingerprint density at radius 2 is 1.75 bits per heavy atom. The number of nitrogens with zero attached hydrogens (tertiary/aromatic N) is 2. The molecule has 0 aliphatic carbocycles. The molecule has 0 bridgehead atoms. The molecule has 3 rings (SSSR count). The maximum absolute atomic E-state index is 12.6. The van der Waals surface area contributed by atoms with E-state index in [-0.39, 0.29) is 18.0 Å². The molecule has 3 aromatic rings. The molecule has 7 nitrogen and oxygen atoms in total. The quantitative estimate of drug-likeness (QED) is 0.612. The average molecular weight is 377 g/mol. The Balaban J connectivity index is 1.66. The van der Waals surface area contributed by atoms with Crippen LogP contribution in [0, 0.1) is 0 Å². The number of rotatable bonds is 6. The van der Waals surface area contributed by atoms with Crippen LogP contribution in [0.5, 0.6) is 0 Å². The molecular formula is C21H23N5O2. The summed E-state index contributed by atoms with van der Waals surface area (Å²) >= 11 is 0. The molecule has 3 amide bonds. The van der Waals surface area contributed by atoms with Gasteiger partial charge in [-0.05, 0) is 55.8 Å². The largest absolute Gasteiger partial charge is 0.336 e. The van der Waals surface area contributed by atoms with Gasteiger partial charge in [-0.2, -0.15) is 5.10 Å². The normalized spacial score (nSPS) is 10.5. The van der Waals surface area contributed by atoms with Crippen LogP contribution >= 0.6 is 0 Å². The van der Waals surface area contributed by atoms with E-state index in [2.05, 4.69) is 21.0 Å². The molecule has 144 valence electrons. The minimum atomic E-state index is -0.307. The van der Waals surface area contributed by atoms with E-state index in [0.29, 0.717) is 23.5 Å². The van der Waals surface area contributed by atoms with Crippen molar-refractivity contribution < 1.29 is 9.59 Å². The number of anilines is 2. The first-order chi connectivity index (χ1) is 13.5. The van der Waals surface area contributed by atoms with Gasteiger partial charge in [0.2, 0.25) is 0 Å². The maximum atomic E-state index is 12.6. The molecule has 0 saturated heterocycles. The standard InChI is InChI=1S/C21H23N5O2/c1-15(2)23-21(28)25-19-9-4-7-17(13-19)20(27)24-18-8-3-6-16(12-18)14-26-11-5-10-22-26/h3-13,15H,14H2,1-2H3,(H,24,27)(H2,23,25,28). The molecule has 1 heterocycles. The van der Waals surface area contributed by atoms with E-state index in [9.17, 15) is 9.59 Å². The number of carbonyl (C=O) groups is 2. The molecule has 0 unspecified atom stereocenters. The van der Waals surface area contributed by atoms with Gasteiger partial charge in [-0.1, -0.05) is 18.2 Å². The lowest BCUT2D eigenvalue weighted by atomic mass is 10.1. The van der Waals surface area contributed by atoms with Crippen molar-refractivity contribution in [2.75, 3.05) is 10.6 Å². The highest BCUT2D eigenvalue weighted by Gasteiger charge is 2.09. The summed E-state index contributed by atoms with van der Waals surface area (Å²) in [4.78, 5) is 24.4. The Morgan fingerprint density at radius 1 is 1.00 bits per heavy atom. The molecule has 3 N–H and O–H groups in total. The highest BCUT2D eigenvalue weighted by molar-refractivity contribution is 6.05. The van der Waals surface area contributed by atoms with E-state index in [1.807, 2.05) is 55.1 Å². The van der Waals surface area contributed by atoms with Crippen LogP contribution in [0.4, 0.5) is 16.2 Å². The van der Waals surface area contributed by atoms with E-state index in [1.165, 1.54) is 0 Å². The van der Waals surface area contributed by atoms with E-state index in [0.717, 1.165) is 5.56 Å². The zero-order chi connectivity index (χ0) is 19.9. The summed E-state index contributed by atoms with van der Waals surface area (Å²) in [7, 11) is 0. The third kappa shape index (κ3) is 5.44. The number of amides is 3. The van der Waals surface area contributed by atoms with E-state index in [4.69, 9.17) is 0 Å². The van der Waals surface area contributed by atoms with Crippen molar-refractivity contribution in [3.8, 4) is 0 Å². The third-order valence-electron chi connectivity index (χ3n) is 3.89. The first-order valence-electron chi connectivity index (χ1n) is 9.05. The number of hydrogen-bond donors (Lipinski definition) is 3. The van der Waals surface area contributed by atoms with Gasteiger partial charge in [0.25, 0.3) is 5.91 Å². The Bertz CT molecular complexity index is 951. The van der Waals surface area contributed by atoms with Crippen molar-refractivity contribution in [2.45, 2.75) is 26.4 Å². The number of carbonyl (C=O) groups excluding carboxylic acids is 2. The Hall–Kier alpha value is -3.61. The molecule has 0 atom stereocenters. The Kier molecular flexibility index (Phi) is 6.06. The van der Waals surface area contributed by atoms with Crippen LogP contribution < -0.4 is 16.0 Å². The first kappa shape index (κ1) is 19.2. The fourth-order valence-corrected chi connectivity index (χ4v) is 2.70. The highest BCUT2D eigenvalue weighted by atomic mass is 16.2. The summed E-state index contributed by atoms with van der Waals surface area (Å²) in [6, 6.07) is 16.0. The summed E-state index contributed by atoms with van der Waals surface area (Å²) in [5.41, 5.74) is 2.74. The smallest absolute Gasteiger partial charge is 0.319 e. The van der Waals surface area contributed by atoms with Gasteiger partial charge in [0, 0.05) is 35.4 Å². The molecule has 0 saturated carbocycles. The monoisotopic (exact) mass is 377 g/mol. The van der Waals surface area contributed by atoms with E-state index in [1.54, 1.807) is 30.5 Å². The molecule has 2 aromatic carbocycles. The van der Waals surface area contributed by atoms with Crippen LogP contribution in [0.25, 0.3) is 0 Å². The van der Waals surface area contributed by atoms with Crippen molar-refractivity contribution in [3.63, 3.8) is 0 Å². The molecule has 0 aliphatic rings. The predicted octanol–water partition coefficient (Wildman–Crippen LogP) is 3.71. The van der Waals surface area contributed by atoms with Gasteiger partial charge >= 0.3 is 6.03 Å². The number of aromatic nitrogens is 2. The molecule has 7 heteroatoms. The van der Waals surface area contributed by atoms with Crippen molar-refractivity contribution >= 4 is 23.3 Å². The van der Waals surface area contributed by atoms with Crippen molar-refractivity contribution in [2.24, 2.45) is 0 Å². The highest BCUT2D eigenvalue weighted by Crippen LogP contribution is 2.15. The van der Waals surface area contributed by atoms with Crippen LogP contribution in [0.3, 0.4) is 0 Å². The second-order valence-electron chi connectivity index (χ2n) is 6.69. The summed E-state index contributed by atoms with van der Waals surface area (Å²) < 4.78 is 1.82. The van der Waals surface area contributed by atoms with Gasteiger partial charge in [-0.15, -0.1) is 0 Å². The Morgan fingerprint density at radius 3 is 2.46 bits per heavy atom. The number of nitrogens with one attached hydrogen (secondary N) is 3. The van der Waals surface area contributed by atoms with Gasteiger partial charge in [-0.25, -0.2) is 4.79 Å². The number of benzene rings is 2. The van der Waals surface area contributed by atoms with Gasteiger partial charge in [0.1, 0.15) is 0 Å². The van der Waals surface area contributed by atoms with Crippen LogP contribution in [0.2, 0.25) is 0 Å². The fourth-order valence-electron chi connectivity index (χ4n) is 2.70. The zero-order valence-electron chi connectivity index (χ0n) is 15.8. The maximum Gasteiger partial charge on any atom is 0.319 e. The lowest BCUT2D eigenvalue weighted by Gasteiger charge is -2.11. The molecule has 0 radical (unpaired) electrons. The summed E-state index contributed by atoms with van der Waals surface area (Å²) in [6.07, 6.45) is 3.62. The lowest BCUT2D eigenvalue weighted by Crippen LogP contribution is -2.34. The van der Waals surface area contributed by atoms with Gasteiger partial charge < -0.3 is 16.0 Å². The molecule has 1 aromatic heterocycles. The molecular weight excluding hydrogens is 354 g/mol. The third-order valence-corrected chi connectivity index (χ3v) is 3.89.